The Hall–Kier alpha value is -4.98. The molecule has 39 heavy (non-hydrogen) atoms. The number of nitriles is 1. The number of hydrogen-bond acceptors (Lipinski definition) is 3. The maximum absolute atomic E-state index is 13.4. The lowest BCUT2D eigenvalue weighted by Gasteiger charge is -2.19. The molecular formula is C35H26FNO2. The fourth-order valence-corrected chi connectivity index (χ4v) is 4.65. The number of ether oxygens (including phenoxy) is 1. The number of hydrogen-bond donors (Lipinski definition) is 1. The summed E-state index contributed by atoms with van der Waals surface area (Å²) in [5.74, 6) is 0.422. The van der Waals surface area contributed by atoms with Crippen molar-refractivity contribution in [3.63, 3.8) is 0 Å². The highest BCUT2D eigenvalue weighted by Gasteiger charge is 2.18. The predicted octanol–water partition coefficient (Wildman–Crippen LogP) is 7.80. The molecule has 0 radical (unpaired) electrons. The fraction of sp³-hybridized carbons (Fsp3) is 0.0571. The molecule has 0 saturated heterocycles. The lowest BCUT2D eigenvalue weighted by molar-refractivity contribution is 0.220. The number of methoxy groups -OCH3 is 1. The summed E-state index contributed by atoms with van der Waals surface area (Å²) in [6, 6.07) is 41.5. The highest BCUT2D eigenvalue weighted by Crippen LogP contribution is 2.38. The van der Waals surface area contributed by atoms with E-state index in [2.05, 4.69) is 18.2 Å². The van der Waals surface area contributed by atoms with Crippen molar-refractivity contribution in [1.82, 2.24) is 0 Å². The molecule has 1 unspecified atom stereocenters. The molecule has 5 rings (SSSR count). The van der Waals surface area contributed by atoms with E-state index < -0.39 is 6.10 Å². The van der Waals surface area contributed by atoms with Crippen LogP contribution in [0.1, 0.15) is 45.0 Å². The van der Waals surface area contributed by atoms with Crippen molar-refractivity contribution in [2.24, 2.45) is 0 Å². The molecule has 4 heteroatoms. The monoisotopic (exact) mass is 511 g/mol. The van der Waals surface area contributed by atoms with Crippen molar-refractivity contribution >= 4 is 11.1 Å². The minimum Gasteiger partial charge on any atom is -0.497 e. The van der Waals surface area contributed by atoms with E-state index in [-0.39, 0.29) is 5.82 Å². The quantitative estimate of drug-likeness (QED) is 0.227. The Kier molecular flexibility index (Phi) is 7.63. The first kappa shape index (κ1) is 25.7. The summed E-state index contributed by atoms with van der Waals surface area (Å²) in [5.41, 5.74) is 7.89. The Bertz CT molecular complexity index is 1620. The van der Waals surface area contributed by atoms with Gasteiger partial charge in [-0.3, -0.25) is 0 Å². The van der Waals surface area contributed by atoms with Gasteiger partial charge in [-0.1, -0.05) is 91.0 Å². The number of nitrogens with zero attached hydrogens (tertiary/aromatic N) is 1. The molecule has 0 saturated carbocycles. The van der Waals surface area contributed by atoms with Crippen molar-refractivity contribution in [3.05, 3.63) is 172 Å². The number of rotatable bonds is 7. The van der Waals surface area contributed by atoms with E-state index in [4.69, 9.17) is 4.74 Å². The molecular weight excluding hydrogens is 485 g/mol. The van der Waals surface area contributed by atoms with Crippen LogP contribution in [0.15, 0.2) is 127 Å². The summed E-state index contributed by atoms with van der Waals surface area (Å²) in [7, 11) is 1.64. The van der Waals surface area contributed by atoms with Gasteiger partial charge in [0.1, 0.15) is 17.7 Å². The zero-order valence-corrected chi connectivity index (χ0v) is 21.4. The van der Waals surface area contributed by atoms with Crippen LogP contribution in [0.5, 0.6) is 5.75 Å². The Morgan fingerprint density at radius 3 is 1.56 bits per heavy atom. The number of benzene rings is 5. The van der Waals surface area contributed by atoms with Gasteiger partial charge in [0.05, 0.1) is 18.7 Å². The van der Waals surface area contributed by atoms with Crippen molar-refractivity contribution < 1.29 is 14.2 Å². The Balaban J connectivity index is 1.69. The van der Waals surface area contributed by atoms with Crippen molar-refractivity contribution in [1.29, 1.82) is 5.26 Å². The minimum absolute atomic E-state index is 0.340. The van der Waals surface area contributed by atoms with Crippen molar-refractivity contribution in [3.8, 4) is 11.8 Å². The standard InChI is InChI=1S/C35H26FNO2/c1-39-32-21-17-28(18-22-32)34(26-9-7-24(23-37)8-10-26)33(25-5-3-2-4-6-25)27-11-13-29(14-12-27)35(38)30-15-19-31(36)20-16-30/h2-22,35,38H,1H3/b34-33+. The summed E-state index contributed by atoms with van der Waals surface area (Å²) in [5, 5.41) is 20.3. The third-order valence-corrected chi connectivity index (χ3v) is 6.69. The van der Waals surface area contributed by atoms with Crippen LogP contribution in [-0.4, -0.2) is 12.2 Å². The van der Waals surface area contributed by atoms with Gasteiger partial charge in [0.2, 0.25) is 0 Å². The molecule has 0 fully saturated rings. The Labute approximate surface area is 227 Å². The van der Waals surface area contributed by atoms with E-state index in [9.17, 15) is 14.8 Å². The topological polar surface area (TPSA) is 53.2 Å². The molecule has 5 aromatic carbocycles. The maximum atomic E-state index is 13.4. The van der Waals surface area contributed by atoms with Gasteiger partial charge in [-0.05, 0) is 80.9 Å². The van der Waals surface area contributed by atoms with Gasteiger partial charge < -0.3 is 9.84 Å². The molecule has 0 spiro atoms. The SMILES string of the molecule is COc1ccc(/C(=C(\c2ccccc2)c2ccc(C(O)c3ccc(F)cc3)cc2)c2ccc(C#N)cc2)cc1. The highest BCUT2D eigenvalue weighted by atomic mass is 19.1. The second-order valence-corrected chi connectivity index (χ2v) is 9.11. The van der Waals surface area contributed by atoms with Crippen LogP contribution in [0.3, 0.4) is 0 Å². The summed E-state index contributed by atoms with van der Waals surface area (Å²) < 4.78 is 18.8. The van der Waals surface area contributed by atoms with Gasteiger partial charge >= 0.3 is 0 Å². The van der Waals surface area contributed by atoms with Crippen LogP contribution in [0.4, 0.5) is 4.39 Å². The van der Waals surface area contributed by atoms with Gasteiger partial charge in [0.15, 0.2) is 0 Å². The second kappa shape index (κ2) is 11.6. The average Bonchev–Trinajstić information content (AvgIpc) is 3.00. The first-order valence-electron chi connectivity index (χ1n) is 12.6. The third kappa shape index (κ3) is 5.65. The summed E-state index contributed by atoms with van der Waals surface area (Å²) in [6.45, 7) is 0. The van der Waals surface area contributed by atoms with Crippen LogP contribution < -0.4 is 4.74 Å². The molecule has 0 bridgehead atoms. The van der Waals surface area contributed by atoms with Gasteiger partial charge in [-0.15, -0.1) is 0 Å². The van der Waals surface area contributed by atoms with E-state index in [0.29, 0.717) is 16.7 Å². The normalized spacial score (nSPS) is 12.3. The molecule has 0 aliphatic rings. The van der Waals surface area contributed by atoms with Gasteiger partial charge in [-0.25, -0.2) is 4.39 Å². The molecule has 1 N–H and O–H groups in total. The van der Waals surface area contributed by atoms with E-state index >= 15 is 0 Å². The fourth-order valence-electron chi connectivity index (χ4n) is 4.65. The third-order valence-electron chi connectivity index (χ3n) is 6.69. The zero-order chi connectivity index (χ0) is 27.2. The molecule has 1 atom stereocenters. The van der Waals surface area contributed by atoms with Gasteiger partial charge in [0.25, 0.3) is 0 Å². The largest absolute Gasteiger partial charge is 0.497 e. The van der Waals surface area contributed by atoms with Crippen LogP contribution >= 0.6 is 0 Å². The van der Waals surface area contributed by atoms with E-state index in [0.717, 1.165) is 39.1 Å². The Morgan fingerprint density at radius 2 is 1.08 bits per heavy atom. The van der Waals surface area contributed by atoms with E-state index in [1.807, 2.05) is 91.0 Å². The van der Waals surface area contributed by atoms with Crippen molar-refractivity contribution in [2.75, 3.05) is 7.11 Å². The predicted molar refractivity (Wildman–Crippen MR) is 153 cm³/mol. The first-order valence-corrected chi connectivity index (χ1v) is 12.6. The number of halogens is 1. The van der Waals surface area contributed by atoms with E-state index in [1.54, 1.807) is 19.2 Å². The number of aliphatic hydroxyl groups excluding tert-OH is 1. The van der Waals surface area contributed by atoms with Crippen LogP contribution in [-0.2, 0) is 0 Å². The molecule has 0 aliphatic heterocycles. The summed E-state index contributed by atoms with van der Waals surface area (Å²) in [6.07, 6.45) is -0.872. The lowest BCUT2D eigenvalue weighted by atomic mass is 9.85. The van der Waals surface area contributed by atoms with Crippen molar-refractivity contribution in [2.45, 2.75) is 6.10 Å². The molecule has 0 heterocycles. The lowest BCUT2D eigenvalue weighted by Crippen LogP contribution is -2.01. The molecule has 0 aromatic heterocycles. The van der Waals surface area contributed by atoms with Crippen LogP contribution in [0.25, 0.3) is 11.1 Å². The summed E-state index contributed by atoms with van der Waals surface area (Å²) >= 11 is 0. The molecule has 3 nitrogen and oxygen atoms in total. The van der Waals surface area contributed by atoms with Gasteiger partial charge in [-0.2, -0.15) is 5.26 Å². The second-order valence-electron chi connectivity index (χ2n) is 9.11. The Morgan fingerprint density at radius 1 is 0.641 bits per heavy atom. The van der Waals surface area contributed by atoms with Gasteiger partial charge in [0, 0.05) is 0 Å². The number of aliphatic hydroxyl groups is 1. The first-order chi connectivity index (χ1) is 19.1. The zero-order valence-electron chi connectivity index (χ0n) is 21.4. The van der Waals surface area contributed by atoms with Crippen LogP contribution in [0.2, 0.25) is 0 Å². The minimum atomic E-state index is -0.872. The van der Waals surface area contributed by atoms with E-state index in [1.165, 1.54) is 12.1 Å². The molecule has 0 amide bonds. The molecule has 190 valence electrons. The average molecular weight is 512 g/mol. The molecule has 0 aliphatic carbocycles. The maximum Gasteiger partial charge on any atom is 0.123 e. The molecule has 5 aromatic rings. The smallest absolute Gasteiger partial charge is 0.123 e. The summed E-state index contributed by atoms with van der Waals surface area (Å²) in [4.78, 5) is 0. The highest BCUT2D eigenvalue weighted by molar-refractivity contribution is 6.04. The van der Waals surface area contributed by atoms with Crippen LogP contribution in [0, 0.1) is 17.1 Å².